The summed E-state index contributed by atoms with van der Waals surface area (Å²) in [5, 5.41) is 4.46. The number of aryl methyl sites for hydroxylation is 2. The van der Waals surface area contributed by atoms with Crippen LogP contribution in [0.1, 0.15) is 27.3 Å². The first-order valence-electron chi connectivity index (χ1n) is 6.18. The van der Waals surface area contributed by atoms with E-state index in [1.165, 1.54) is 0 Å². The number of carbonyl (C=O) groups excluding carboxylic acids is 1. The second-order valence-electron chi connectivity index (χ2n) is 4.85. The van der Waals surface area contributed by atoms with Crippen LogP contribution in [0.3, 0.4) is 0 Å². The lowest BCUT2D eigenvalue weighted by Gasteiger charge is -2.05. The smallest absolute Gasteiger partial charge is 0.197 e. The van der Waals surface area contributed by atoms with Crippen molar-refractivity contribution in [2.75, 3.05) is 0 Å². The second-order valence-corrected chi connectivity index (χ2v) is 4.85. The van der Waals surface area contributed by atoms with Crippen LogP contribution in [0.4, 0.5) is 0 Å². The predicted octanol–water partition coefficient (Wildman–Crippen LogP) is 2.56. The van der Waals surface area contributed by atoms with Crippen molar-refractivity contribution < 1.29 is 4.79 Å². The van der Waals surface area contributed by atoms with Crippen LogP contribution in [0.2, 0.25) is 0 Å². The van der Waals surface area contributed by atoms with Gasteiger partial charge in [0.25, 0.3) is 0 Å². The van der Waals surface area contributed by atoms with Crippen molar-refractivity contribution in [3.05, 3.63) is 52.8 Å². The van der Waals surface area contributed by atoms with Crippen LogP contribution in [-0.4, -0.2) is 20.4 Å². The number of hydrogen-bond acceptors (Lipinski definition) is 3. The summed E-state index contributed by atoms with van der Waals surface area (Å²) in [6.07, 6.45) is 0. The fourth-order valence-corrected chi connectivity index (χ4v) is 2.78. The molecule has 4 nitrogen and oxygen atoms in total. The summed E-state index contributed by atoms with van der Waals surface area (Å²) in [6.45, 7) is 3.81. The number of fused-ring (bicyclic) bond motifs is 5. The molecule has 0 aliphatic heterocycles. The maximum atomic E-state index is 12.5. The highest BCUT2D eigenvalue weighted by Crippen LogP contribution is 2.37. The molecule has 4 rings (SSSR count). The fraction of sp³-hybridized carbons (Fsp3) is 0.133. The maximum absolute atomic E-state index is 12.5. The van der Waals surface area contributed by atoms with Gasteiger partial charge in [-0.15, -0.1) is 0 Å². The summed E-state index contributed by atoms with van der Waals surface area (Å²) >= 11 is 0. The van der Waals surface area contributed by atoms with E-state index in [4.69, 9.17) is 0 Å². The normalized spacial score (nSPS) is 12.8. The Morgan fingerprint density at radius 3 is 2.63 bits per heavy atom. The molecule has 0 spiro atoms. The van der Waals surface area contributed by atoms with E-state index in [9.17, 15) is 4.79 Å². The van der Waals surface area contributed by atoms with Crippen molar-refractivity contribution in [1.29, 1.82) is 0 Å². The van der Waals surface area contributed by atoms with Gasteiger partial charge in [0.15, 0.2) is 11.4 Å². The summed E-state index contributed by atoms with van der Waals surface area (Å²) in [7, 11) is 0. The van der Waals surface area contributed by atoms with Crippen LogP contribution >= 0.6 is 0 Å². The van der Waals surface area contributed by atoms with Gasteiger partial charge in [-0.3, -0.25) is 4.79 Å². The van der Waals surface area contributed by atoms with E-state index in [1.807, 2.05) is 44.2 Å². The monoisotopic (exact) mass is 249 g/mol. The van der Waals surface area contributed by atoms with Gasteiger partial charge < -0.3 is 0 Å². The average molecular weight is 249 g/mol. The lowest BCUT2D eigenvalue weighted by Crippen LogP contribution is -2.04. The van der Waals surface area contributed by atoms with E-state index in [0.717, 1.165) is 33.9 Å². The Hall–Kier alpha value is -2.49. The van der Waals surface area contributed by atoms with E-state index in [2.05, 4.69) is 10.1 Å². The average Bonchev–Trinajstić information content (AvgIpc) is 2.89. The van der Waals surface area contributed by atoms with Gasteiger partial charge in [0.2, 0.25) is 0 Å². The summed E-state index contributed by atoms with van der Waals surface area (Å²) in [5.41, 5.74) is 5.69. The topological polar surface area (TPSA) is 47.3 Å². The molecule has 92 valence electrons. The van der Waals surface area contributed by atoms with Gasteiger partial charge >= 0.3 is 0 Å². The SMILES string of the molecule is Cc1cc2nc(C)c3c(n2n1)-c1ccccc1C3=O. The molecule has 0 bridgehead atoms. The summed E-state index contributed by atoms with van der Waals surface area (Å²) in [4.78, 5) is 17.0. The molecule has 2 heterocycles. The van der Waals surface area contributed by atoms with Crippen LogP contribution in [0.25, 0.3) is 16.9 Å². The molecule has 1 aliphatic carbocycles. The summed E-state index contributed by atoms with van der Waals surface area (Å²) in [5.74, 6) is 0.0469. The van der Waals surface area contributed by atoms with Crippen molar-refractivity contribution in [2.24, 2.45) is 0 Å². The first-order chi connectivity index (χ1) is 9.16. The number of rotatable bonds is 0. The van der Waals surface area contributed by atoms with Crippen molar-refractivity contribution in [2.45, 2.75) is 13.8 Å². The zero-order chi connectivity index (χ0) is 13.1. The molecular weight excluding hydrogens is 238 g/mol. The van der Waals surface area contributed by atoms with Gasteiger partial charge in [-0.25, -0.2) is 9.50 Å². The molecule has 0 saturated heterocycles. The molecule has 4 heteroatoms. The van der Waals surface area contributed by atoms with E-state index in [0.29, 0.717) is 5.56 Å². The number of benzene rings is 1. The third-order valence-electron chi connectivity index (χ3n) is 3.56. The highest BCUT2D eigenvalue weighted by molar-refractivity contribution is 6.21. The number of hydrogen-bond donors (Lipinski definition) is 0. The third-order valence-corrected chi connectivity index (χ3v) is 3.56. The van der Waals surface area contributed by atoms with Gasteiger partial charge in [-0.1, -0.05) is 24.3 Å². The van der Waals surface area contributed by atoms with Crippen LogP contribution in [-0.2, 0) is 0 Å². The third kappa shape index (κ3) is 1.20. The largest absolute Gasteiger partial charge is 0.288 e. The van der Waals surface area contributed by atoms with Gasteiger partial charge in [0.1, 0.15) is 0 Å². The Labute approximate surface area is 109 Å². The minimum absolute atomic E-state index is 0.0469. The molecule has 0 radical (unpaired) electrons. The minimum Gasteiger partial charge on any atom is -0.288 e. The Balaban J connectivity index is 2.25. The zero-order valence-corrected chi connectivity index (χ0v) is 10.6. The van der Waals surface area contributed by atoms with Gasteiger partial charge in [0, 0.05) is 17.2 Å². The lowest BCUT2D eigenvalue weighted by molar-refractivity contribution is 0.104. The Morgan fingerprint density at radius 2 is 1.84 bits per heavy atom. The predicted molar refractivity (Wildman–Crippen MR) is 71.3 cm³/mol. The van der Waals surface area contributed by atoms with Crippen LogP contribution in [0.15, 0.2) is 30.3 Å². The Morgan fingerprint density at radius 1 is 1.11 bits per heavy atom. The first-order valence-corrected chi connectivity index (χ1v) is 6.18. The molecule has 0 fully saturated rings. The summed E-state index contributed by atoms with van der Waals surface area (Å²) < 4.78 is 1.78. The van der Waals surface area contributed by atoms with E-state index >= 15 is 0 Å². The minimum atomic E-state index is 0.0469. The van der Waals surface area contributed by atoms with Crippen LogP contribution in [0.5, 0.6) is 0 Å². The molecule has 1 aliphatic rings. The highest BCUT2D eigenvalue weighted by Gasteiger charge is 2.31. The van der Waals surface area contributed by atoms with Crippen LogP contribution in [0, 0.1) is 13.8 Å². The number of carbonyl (C=O) groups is 1. The van der Waals surface area contributed by atoms with Crippen molar-refractivity contribution in [3.63, 3.8) is 0 Å². The zero-order valence-electron chi connectivity index (χ0n) is 10.6. The lowest BCUT2D eigenvalue weighted by atomic mass is 10.1. The Bertz CT molecular complexity index is 861. The van der Waals surface area contributed by atoms with Gasteiger partial charge in [-0.05, 0) is 13.8 Å². The van der Waals surface area contributed by atoms with Gasteiger partial charge in [0.05, 0.1) is 22.6 Å². The van der Waals surface area contributed by atoms with Crippen molar-refractivity contribution >= 4 is 11.4 Å². The number of aromatic nitrogens is 3. The first kappa shape index (κ1) is 10.4. The molecule has 0 saturated carbocycles. The van der Waals surface area contributed by atoms with E-state index in [1.54, 1.807) is 4.52 Å². The molecule has 2 aromatic heterocycles. The van der Waals surface area contributed by atoms with E-state index in [-0.39, 0.29) is 5.78 Å². The quantitative estimate of drug-likeness (QED) is 0.481. The molecule has 1 aromatic carbocycles. The molecule has 19 heavy (non-hydrogen) atoms. The maximum Gasteiger partial charge on any atom is 0.197 e. The Kier molecular flexibility index (Phi) is 1.81. The second kappa shape index (κ2) is 3.29. The number of ketones is 1. The molecule has 0 N–H and O–H groups in total. The molecule has 3 aromatic rings. The van der Waals surface area contributed by atoms with Crippen molar-refractivity contribution in [3.8, 4) is 11.3 Å². The fourth-order valence-electron chi connectivity index (χ4n) is 2.78. The van der Waals surface area contributed by atoms with Crippen LogP contribution < -0.4 is 0 Å². The molecule has 0 atom stereocenters. The number of nitrogens with zero attached hydrogens (tertiary/aromatic N) is 3. The van der Waals surface area contributed by atoms with Gasteiger partial charge in [-0.2, -0.15) is 5.10 Å². The van der Waals surface area contributed by atoms with E-state index < -0.39 is 0 Å². The standard InChI is InChI=1S/C15H11N3O/c1-8-7-12-16-9(2)13-14(18(12)17-8)10-5-3-4-6-11(10)15(13)19/h3-7H,1-2H3. The molecule has 0 unspecified atom stereocenters. The highest BCUT2D eigenvalue weighted by atomic mass is 16.1. The molecular formula is C15H11N3O. The van der Waals surface area contributed by atoms with Crippen molar-refractivity contribution in [1.82, 2.24) is 14.6 Å². The summed E-state index contributed by atoms with van der Waals surface area (Å²) in [6, 6.07) is 9.59. The molecule has 0 amide bonds.